The molecule has 0 bridgehead atoms. The van der Waals surface area contributed by atoms with Crippen molar-refractivity contribution in [3.05, 3.63) is 102 Å². The lowest BCUT2D eigenvalue weighted by Gasteiger charge is -2.43. The molecule has 0 radical (unpaired) electrons. The molecule has 7 heteroatoms. The van der Waals surface area contributed by atoms with Crippen molar-refractivity contribution in [1.29, 1.82) is 0 Å². The molecular formula is C29H30F2N2O3. The lowest BCUT2D eigenvalue weighted by molar-refractivity contribution is -0.134. The van der Waals surface area contributed by atoms with Crippen molar-refractivity contribution < 1.29 is 23.1 Å². The monoisotopic (exact) mass is 492 g/mol. The van der Waals surface area contributed by atoms with E-state index in [0.29, 0.717) is 37.7 Å². The van der Waals surface area contributed by atoms with Crippen LogP contribution in [0.4, 0.5) is 8.78 Å². The normalized spacial score (nSPS) is 17.5. The number of likely N-dealkylation sites (tertiary alicyclic amines) is 1. The molecule has 36 heavy (non-hydrogen) atoms. The number of hydrogen-bond donors (Lipinski definition) is 0. The predicted octanol–water partition coefficient (Wildman–Crippen LogP) is 5.31. The van der Waals surface area contributed by atoms with E-state index in [-0.39, 0.29) is 31.0 Å². The fraction of sp³-hybridized carbons (Fsp3) is 0.310. The minimum Gasteiger partial charge on any atom is -0.493 e. The summed E-state index contributed by atoms with van der Waals surface area (Å²) in [5.41, 5.74) is 0.196. The topological polar surface area (TPSA) is 49.9 Å². The van der Waals surface area contributed by atoms with Gasteiger partial charge in [0.05, 0.1) is 12.2 Å². The molecule has 1 heterocycles. The number of hydrogen-bond acceptors (Lipinski definition) is 3. The molecule has 1 atom stereocenters. The minimum atomic E-state index is -0.893. The van der Waals surface area contributed by atoms with Crippen LogP contribution in [-0.2, 0) is 11.3 Å². The molecular weight excluding hydrogens is 462 g/mol. The van der Waals surface area contributed by atoms with Crippen molar-refractivity contribution in [2.24, 2.45) is 5.41 Å². The van der Waals surface area contributed by atoms with Crippen LogP contribution in [0.1, 0.15) is 35.2 Å². The highest BCUT2D eigenvalue weighted by atomic mass is 19.1. The standard InChI is InChI=1S/C29H30F2N2O3/c1-32(19-22-9-4-2-5-10-22)27(34)18-29(21-36-24-11-6-3-7-12-24)15-8-16-33(20-29)28(35)25-14-13-23(30)17-26(25)31/h2-7,9-14,17H,8,15-16,18-21H2,1H3. The number of rotatable bonds is 8. The molecule has 1 aliphatic rings. The second kappa shape index (κ2) is 11.3. The van der Waals surface area contributed by atoms with Crippen LogP contribution in [0, 0.1) is 17.0 Å². The maximum absolute atomic E-state index is 14.4. The van der Waals surface area contributed by atoms with E-state index in [4.69, 9.17) is 4.74 Å². The summed E-state index contributed by atoms with van der Waals surface area (Å²) in [7, 11) is 1.76. The molecule has 1 unspecified atom stereocenters. The summed E-state index contributed by atoms with van der Waals surface area (Å²) in [6.07, 6.45) is 1.50. The lowest BCUT2D eigenvalue weighted by atomic mass is 9.77. The van der Waals surface area contributed by atoms with Crippen LogP contribution in [0.15, 0.2) is 78.9 Å². The molecule has 0 aliphatic carbocycles. The molecule has 1 saturated heterocycles. The Morgan fingerprint density at radius 1 is 1.00 bits per heavy atom. The Bertz CT molecular complexity index is 1190. The number of ether oxygens (including phenoxy) is 1. The van der Waals surface area contributed by atoms with Gasteiger partial charge in [0.15, 0.2) is 0 Å². The molecule has 188 valence electrons. The van der Waals surface area contributed by atoms with Crippen molar-refractivity contribution in [3.63, 3.8) is 0 Å². The smallest absolute Gasteiger partial charge is 0.256 e. The number of carbonyl (C=O) groups excluding carboxylic acids is 2. The molecule has 0 aromatic heterocycles. The predicted molar refractivity (Wildman–Crippen MR) is 133 cm³/mol. The van der Waals surface area contributed by atoms with Gasteiger partial charge in [-0.2, -0.15) is 0 Å². The average Bonchev–Trinajstić information content (AvgIpc) is 2.88. The zero-order chi connectivity index (χ0) is 25.5. The Morgan fingerprint density at radius 3 is 2.39 bits per heavy atom. The SMILES string of the molecule is CN(Cc1ccccc1)C(=O)CC1(COc2ccccc2)CCCN(C(=O)c2ccc(F)cc2F)C1. The third-order valence-corrected chi connectivity index (χ3v) is 6.61. The zero-order valence-corrected chi connectivity index (χ0v) is 20.3. The van der Waals surface area contributed by atoms with E-state index in [1.165, 1.54) is 6.07 Å². The Balaban J connectivity index is 1.53. The van der Waals surface area contributed by atoms with Gasteiger partial charge >= 0.3 is 0 Å². The molecule has 0 saturated carbocycles. The zero-order valence-electron chi connectivity index (χ0n) is 20.3. The average molecular weight is 493 g/mol. The molecule has 3 aromatic rings. The number of benzene rings is 3. The number of halogens is 2. The van der Waals surface area contributed by atoms with E-state index >= 15 is 0 Å². The summed E-state index contributed by atoms with van der Waals surface area (Å²) in [4.78, 5) is 29.8. The van der Waals surface area contributed by atoms with E-state index < -0.39 is 23.0 Å². The van der Waals surface area contributed by atoms with Gasteiger partial charge in [-0.25, -0.2) is 8.78 Å². The van der Waals surface area contributed by atoms with Crippen molar-refractivity contribution >= 4 is 11.8 Å². The third kappa shape index (κ3) is 6.27. The van der Waals surface area contributed by atoms with Crippen LogP contribution < -0.4 is 4.74 Å². The largest absolute Gasteiger partial charge is 0.493 e. The Kier molecular flexibility index (Phi) is 7.98. The maximum atomic E-state index is 14.4. The van der Waals surface area contributed by atoms with Crippen molar-refractivity contribution in [2.75, 3.05) is 26.7 Å². The minimum absolute atomic E-state index is 0.0576. The van der Waals surface area contributed by atoms with Gasteiger partial charge in [-0.05, 0) is 42.7 Å². The number of carbonyl (C=O) groups is 2. The first-order valence-corrected chi connectivity index (χ1v) is 12.1. The van der Waals surface area contributed by atoms with E-state index in [1.54, 1.807) is 16.8 Å². The van der Waals surface area contributed by atoms with Crippen LogP contribution in [0.25, 0.3) is 0 Å². The number of piperidine rings is 1. The van der Waals surface area contributed by atoms with Crippen LogP contribution >= 0.6 is 0 Å². The highest BCUT2D eigenvalue weighted by Gasteiger charge is 2.41. The summed E-state index contributed by atoms with van der Waals surface area (Å²) in [6.45, 7) is 1.37. The molecule has 3 aromatic carbocycles. The van der Waals surface area contributed by atoms with Crippen molar-refractivity contribution in [2.45, 2.75) is 25.8 Å². The number of nitrogens with zero attached hydrogens (tertiary/aromatic N) is 2. The molecule has 4 rings (SSSR count). The van der Waals surface area contributed by atoms with Crippen LogP contribution in [0.3, 0.4) is 0 Å². The van der Waals surface area contributed by atoms with Gasteiger partial charge in [0.2, 0.25) is 5.91 Å². The van der Waals surface area contributed by atoms with E-state index in [9.17, 15) is 18.4 Å². The summed E-state index contributed by atoms with van der Waals surface area (Å²) in [6, 6.07) is 22.0. The van der Waals surface area contributed by atoms with Gasteiger partial charge in [0, 0.05) is 44.6 Å². The Hall–Kier alpha value is -3.74. The van der Waals surface area contributed by atoms with E-state index in [1.807, 2.05) is 60.7 Å². The van der Waals surface area contributed by atoms with E-state index in [2.05, 4.69) is 0 Å². The highest BCUT2D eigenvalue weighted by molar-refractivity contribution is 5.94. The van der Waals surface area contributed by atoms with Crippen LogP contribution in [0.2, 0.25) is 0 Å². The van der Waals surface area contributed by atoms with Crippen LogP contribution in [0.5, 0.6) is 5.75 Å². The second-order valence-electron chi connectivity index (χ2n) is 9.47. The highest BCUT2D eigenvalue weighted by Crippen LogP contribution is 2.36. The second-order valence-corrected chi connectivity index (χ2v) is 9.47. The Labute approximate surface area is 210 Å². The van der Waals surface area contributed by atoms with Crippen molar-refractivity contribution in [1.82, 2.24) is 9.80 Å². The van der Waals surface area contributed by atoms with Gasteiger partial charge in [0.1, 0.15) is 17.4 Å². The number of amides is 2. The van der Waals surface area contributed by atoms with Gasteiger partial charge in [-0.1, -0.05) is 48.5 Å². The molecule has 5 nitrogen and oxygen atoms in total. The van der Waals surface area contributed by atoms with Crippen LogP contribution in [-0.4, -0.2) is 48.4 Å². The molecule has 2 amide bonds. The summed E-state index contributed by atoms with van der Waals surface area (Å²) >= 11 is 0. The van der Waals surface area contributed by atoms with Gasteiger partial charge in [-0.3, -0.25) is 9.59 Å². The third-order valence-electron chi connectivity index (χ3n) is 6.61. The quantitative estimate of drug-likeness (QED) is 0.428. The van der Waals surface area contributed by atoms with Gasteiger partial charge < -0.3 is 14.5 Å². The fourth-order valence-corrected chi connectivity index (χ4v) is 4.68. The molecule has 0 N–H and O–H groups in total. The lowest BCUT2D eigenvalue weighted by Crippen LogP contribution is -2.50. The first kappa shape index (κ1) is 25.4. The molecule has 1 fully saturated rings. The first-order valence-electron chi connectivity index (χ1n) is 12.1. The molecule has 0 spiro atoms. The van der Waals surface area contributed by atoms with E-state index in [0.717, 1.165) is 11.6 Å². The summed E-state index contributed by atoms with van der Waals surface area (Å²) in [5, 5.41) is 0. The van der Waals surface area contributed by atoms with Crippen molar-refractivity contribution in [3.8, 4) is 5.75 Å². The Morgan fingerprint density at radius 2 is 1.69 bits per heavy atom. The fourth-order valence-electron chi connectivity index (χ4n) is 4.68. The summed E-state index contributed by atoms with van der Waals surface area (Å²) < 4.78 is 33.8. The van der Waals surface area contributed by atoms with Gasteiger partial charge in [0.25, 0.3) is 5.91 Å². The maximum Gasteiger partial charge on any atom is 0.256 e. The summed E-state index contributed by atoms with van der Waals surface area (Å²) in [5.74, 6) is -1.52. The molecule has 1 aliphatic heterocycles. The number of para-hydroxylation sites is 1. The van der Waals surface area contributed by atoms with Gasteiger partial charge in [-0.15, -0.1) is 0 Å². The first-order chi connectivity index (χ1) is 17.3.